The Balaban J connectivity index is 2.70. The van der Waals surface area contributed by atoms with Crippen LogP contribution < -0.4 is 5.32 Å². The average molecular weight is 183 g/mol. The highest BCUT2D eigenvalue weighted by Gasteiger charge is 2.15. The third kappa shape index (κ3) is 3.05. The van der Waals surface area contributed by atoms with Crippen LogP contribution in [0.3, 0.4) is 0 Å². The van der Waals surface area contributed by atoms with Crippen molar-refractivity contribution in [3.8, 4) is 0 Å². The summed E-state index contributed by atoms with van der Waals surface area (Å²) in [6.45, 7) is 10.2. The molecule has 0 radical (unpaired) electrons. The second-order valence-electron chi connectivity index (χ2n) is 4.49. The van der Waals surface area contributed by atoms with Gasteiger partial charge in [0.05, 0.1) is 0 Å². The average Bonchev–Trinajstić information content (AvgIpc) is 2.31. The van der Waals surface area contributed by atoms with Gasteiger partial charge in [0.25, 0.3) is 0 Å². The lowest BCUT2D eigenvalue weighted by Gasteiger charge is -2.17. The van der Waals surface area contributed by atoms with E-state index in [9.17, 15) is 0 Å². The summed E-state index contributed by atoms with van der Waals surface area (Å²) in [7, 11) is 0. The van der Waals surface area contributed by atoms with Crippen molar-refractivity contribution in [2.24, 2.45) is 0 Å². The molecule has 0 atom stereocenters. The summed E-state index contributed by atoms with van der Waals surface area (Å²) in [5, 5.41) is 6.97. The molecule has 0 aliphatic carbocycles. The molecule has 1 aromatic rings. The van der Waals surface area contributed by atoms with Gasteiger partial charge in [0.1, 0.15) is 0 Å². The van der Waals surface area contributed by atoms with Crippen LogP contribution in [0.4, 0.5) is 6.01 Å². The SMILES string of the molecule is CC(C)c1noc(NC(C)(C)C)n1. The summed E-state index contributed by atoms with van der Waals surface area (Å²) in [6.07, 6.45) is 0. The fourth-order valence-electron chi connectivity index (χ4n) is 0.841. The largest absolute Gasteiger partial charge is 0.333 e. The van der Waals surface area contributed by atoms with Gasteiger partial charge in [-0.2, -0.15) is 4.98 Å². The van der Waals surface area contributed by atoms with Crippen LogP contribution in [-0.2, 0) is 0 Å². The summed E-state index contributed by atoms with van der Waals surface area (Å²) in [5.74, 6) is 1.05. The molecule has 1 heterocycles. The van der Waals surface area contributed by atoms with Gasteiger partial charge >= 0.3 is 6.01 Å². The van der Waals surface area contributed by atoms with Crippen molar-refractivity contribution in [1.82, 2.24) is 10.1 Å². The van der Waals surface area contributed by atoms with Crippen LogP contribution in [-0.4, -0.2) is 15.7 Å². The van der Waals surface area contributed by atoms with Crippen LogP contribution in [0.2, 0.25) is 0 Å². The summed E-state index contributed by atoms with van der Waals surface area (Å²) in [6, 6.07) is 0.496. The third-order valence-corrected chi connectivity index (χ3v) is 1.44. The molecule has 0 spiro atoms. The maximum absolute atomic E-state index is 5.03. The molecule has 0 aliphatic heterocycles. The molecule has 0 unspecified atom stereocenters. The lowest BCUT2D eigenvalue weighted by Crippen LogP contribution is -2.26. The first-order chi connectivity index (χ1) is 5.88. The maximum atomic E-state index is 5.03. The first-order valence-corrected chi connectivity index (χ1v) is 4.50. The van der Waals surface area contributed by atoms with Crippen molar-refractivity contribution in [2.45, 2.75) is 46.1 Å². The minimum absolute atomic E-state index is 0.0409. The van der Waals surface area contributed by atoms with E-state index in [2.05, 4.69) is 15.5 Å². The molecule has 0 saturated carbocycles. The summed E-state index contributed by atoms with van der Waals surface area (Å²) in [4.78, 5) is 4.21. The standard InChI is InChI=1S/C9H17N3O/c1-6(2)7-10-8(13-12-7)11-9(3,4)5/h6H,1-5H3,(H,10,11,12). The first-order valence-electron chi connectivity index (χ1n) is 4.50. The molecule has 0 bridgehead atoms. The highest BCUT2D eigenvalue weighted by molar-refractivity contribution is 5.23. The Kier molecular flexibility index (Phi) is 2.59. The Morgan fingerprint density at radius 1 is 1.31 bits per heavy atom. The van der Waals surface area contributed by atoms with Crippen LogP contribution in [0.5, 0.6) is 0 Å². The van der Waals surface area contributed by atoms with Crippen LogP contribution in [0.25, 0.3) is 0 Å². The topological polar surface area (TPSA) is 51.0 Å². The smallest absolute Gasteiger partial charge is 0.321 e. The Labute approximate surface area is 78.7 Å². The number of rotatable bonds is 2. The summed E-state index contributed by atoms with van der Waals surface area (Å²) in [5.41, 5.74) is -0.0409. The predicted molar refractivity (Wildman–Crippen MR) is 51.8 cm³/mol. The van der Waals surface area contributed by atoms with Crippen LogP contribution in [0.1, 0.15) is 46.4 Å². The third-order valence-electron chi connectivity index (χ3n) is 1.44. The minimum atomic E-state index is -0.0409. The number of hydrogen-bond donors (Lipinski definition) is 1. The van der Waals surface area contributed by atoms with Gasteiger partial charge in [-0.3, -0.25) is 0 Å². The zero-order valence-corrected chi connectivity index (χ0v) is 8.88. The lowest BCUT2D eigenvalue weighted by molar-refractivity contribution is 0.409. The number of nitrogens with zero attached hydrogens (tertiary/aromatic N) is 2. The number of anilines is 1. The fraction of sp³-hybridized carbons (Fsp3) is 0.778. The molecule has 74 valence electrons. The second-order valence-corrected chi connectivity index (χ2v) is 4.49. The van der Waals surface area contributed by atoms with E-state index in [0.29, 0.717) is 11.9 Å². The number of hydrogen-bond acceptors (Lipinski definition) is 4. The summed E-state index contributed by atoms with van der Waals surface area (Å²) >= 11 is 0. The van der Waals surface area contributed by atoms with Crippen LogP contribution >= 0.6 is 0 Å². The Morgan fingerprint density at radius 2 is 1.92 bits per heavy atom. The van der Waals surface area contributed by atoms with Gasteiger partial charge in [0, 0.05) is 11.5 Å². The molecule has 13 heavy (non-hydrogen) atoms. The molecular weight excluding hydrogens is 166 g/mol. The molecule has 0 fully saturated rings. The van der Waals surface area contributed by atoms with Crippen molar-refractivity contribution >= 4 is 6.01 Å². The van der Waals surface area contributed by atoms with E-state index in [1.54, 1.807) is 0 Å². The molecular formula is C9H17N3O. The molecule has 1 rings (SSSR count). The number of nitrogens with one attached hydrogen (secondary N) is 1. The fourth-order valence-corrected chi connectivity index (χ4v) is 0.841. The lowest BCUT2D eigenvalue weighted by atomic mass is 10.1. The molecule has 1 N–H and O–H groups in total. The molecule has 0 saturated heterocycles. The van der Waals surface area contributed by atoms with Gasteiger partial charge < -0.3 is 9.84 Å². The summed E-state index contributed by atoms with van der Waals surface area (Å²) < 4.78 is 5.03. The van der Waals surface area contributed by atoms with E-state index in [0.717, 1.165) is 5.82 Å². The molecule has 4 heteroatoms. The monoisotopic (exact) mass is 183 g/mol. The molecule has 0 amide bonds. The van der Waals surface area contributed by atoms with E-state index >= 15 is 0 Å². The predicted octanol–water partition coefficient (Wildman–Crippen LogP) is 2.40. The van der Waals surface area contributed by atoms with Gasteiger partial charge in [0.2, 0.25) is 0 Å². The quantitative estimate of drug-likeness (QED) is 0.765. The van der Waals surface area contributed by atoms with E-state index in [1.165, 1.54) is 0 Å². The Morgan fingerprint density at radius 3 is 2.31 bits per heavy atom. The van der Waals surface area contributed by atoms with Gasteiger partial charge in [0.15, 0.2) is 5.82 Å². The molecule has 0 aromatic carbocycles. The van der Waals surface area contributed by atoms with Gasteiger partial charge in [-0.25, -0.2) is 0 Å². The van der Waals surface area contributed by atoms with E-state index in [-0.39, 0.29) is 5.54 Å². The van der Waals surface area contributed by atoms with Crippen molar-refractivity contribution < 1.29 is 4.52 Å². The van der Waals surface area contributed by atoms with Crippen molar-refractivity contribution in [2.75, 3.05) is 5.32 Å². The zero-order valence-electron chi connectivity index (χ0n) is 8.88. The van der Waals surface area contributed by atoms with Gasteiger partial charge in [-0.05, 0) is 20.8 Å². The van der Waals surface area contributed by atoms with E-state index in [1.807, 2.05) is 34.6 Å². The minimum Gasteiger partial charge on any atom is -0.333 e. The number of aromatic nitrogens is 2. The highest BCUT2D eigenvalue weighted by atomic mass is 16.5. The Hall–Kier alpha value is -1.06. The van der Waals surface area contributed by atoms with Crippen molar-refractivity contribution in [3.63, 3.8) is 0 Å². The van der Waals surface area contributed by atoms with Crippen LogP contribution in [0, 0.1) is 0 Å². The van der Waals surface area contributed by atoms with E-state index < -0.39 is 0 Å². The molecule has 0 aliphatic rings. The first kappa shape index (κ1) is 10.0. The maximum Gasteiger partial charge on any atom is 0.321 e. The van der Waals surface area contributed by atoms with Crippen molar-refractivity contribution in [1.29, 1.82) is 0 Å². The second kappa shape index (κ2) is 3.36. The van der Waals surface area contributed by atoms with Gasteiger partial charge in [-0.15, -0.1) is 0 Å². The van der Waals surface area contributed by atoms with Crippen LogP contribution in [0.15, 0.2) is 4.52 Å². The zero-order chi connectivity index (χ0) is 10.1. The Bertz CT molecular complexity index is 273. The molecule has 1 aromatic heterocycles. The van der Waals surface area contributed by atoms with Gasteiger partial charge in [-0.1, -0.05) is 19.0 Å². The van der Waals surface area contributed by atoms with E-state index in [4.69, 9.17) is 4.52 Å². The normalized spacial score (nSPS) is 12.2. The highest BCUT2D eigenvalue weighted by Crippen LogP contribution is 2.15. The molecule has 4 nitrogen and oxygen atoms in total. The van der Waals surface area contributed by atoms with Crippen molar-refractivity contribution in [3.05, 3.63) is 5.82 Å².